The molecule has 0 amide bonds. The van der Waals surface area contributed by atoms with E-state index in [4.69, 9.17) is 4.74 Å². The molecule has 1 atom stereocenters. The van der Waals surface area contributed by atoms with Crippen molar-refractivity contribution in [3.63, 3.8) is 0 Å². The number of hydrogen-bond acceptors (Lipinski definition) is 3. The van der Waals surface area contributed by atoms with E-state index >= 15 is 0 Å². The first-order valence-electron chi connectivity index (χ1n) is 6.03. The van der Waals surface area contributed by atoms with Gasteiger partial charge >= 0.3 is 0 Å². The second-order valence-electron chi connectivity index (χ2n) is 4.76. The van der Waals surface area contributed by atoms with Gasteiger partial charge in [0.15, 0.2) is 0 Å². The molecule has 0 aromatic heterocycles. The van der Waals surface area contributed by atoms with Crippen LogP contribution in [0.5, 0.6) is 0 Å². The fourth-order valence-corrected chi connectivity index (χ4v) is 1.26. The highest BCUT2D eigenvalue weighted by atomic mass is 16.5. The maximum absolute atomic E-state index is 5.78. The van der Waals surface area contributed by atoms with Crippen molar-refractivity contribution >= 4 is 0 Å². The smallest absolute Gasteiger partial charge is 0.0697 e. The SMILES string of the molecule is CCC(CNCC(C)C)OCCN(C)C. The van der Waals surface area contributed by atoms with Crippen molar-refractivity contribution in [1.29, 1.82) is 0 Å². The van der Waals surface area contributed by atoms with Crippen LogP contribution in [0.1, 0.15) is 27.2 Å². The van der Waals surface area contributed by atoms with Crippen LogP contribution in [0, 0.1) is 5.92 Å². The van der Waals surface area contributed by atoms with Gasteiger partial charge in [0.1, 0.15) is 0 Å². The van der Waals surface area contributed by atoms with Crippen LogP contribution in [0.25, 0.3) is 0 Å². The largest absolute Gasteiger partial charge is 0.376 e. The van der Waals surface area contributed by atoms with Gasteiger partial charge in [-0.3, -0.25) is 0 Å². The molecule has 0 spiro atoms. The fraction of sp³-hybridized carbons (Fsp3) is 1.00. The van der Waals surface area contributed by atoms with Gasteiger partial charge in [-0.1, -0.05) is 20.8 Å². The zero-order valence-corrected chi connectivity index (χ0v) is 11.0. The van der Waals surface area contributed by atoms with Gasteiger partial charge in [0, 0.05) is 13.1 Å². The van der Waals surface area contributed by atoms with Crippen molar-refractivity contribution in [2.75, 3.05) is 40.3 Å². The number of likely N-dealkylation sites (N-methyl/N-ethyl adjacent to an activating group) is 1. The summed E-state index contributed by atoms with van der Waals surface area (Å²) in [5, 5.41) is 3.44. The summed E-state index contributed by atoms with van der Waals surface area (Å²) in [5.74, 6) is 0.712. The molecule has 0 aliphatic rings. The Labute approximate surface area is 95.2 Å². The van der Waals surface area contributed by atoms with E-state index in [0.29, 0.717) is 12.0 Å². The summed E-state index contributed by atoms with van der Waals surface area (Å²) in [6, 6.07) is 0. The van der Waals surface area contributed by atoms with Crippen LogP contribution in [0.2, 0.25) is 0 Å². The predicted octanol–water partition coefficient (Wildman–Crippen LogP) is 1.59. The molecule has 0 aliphatic heterocycles. The van der Waals surface area contributed by atoms with Gasteiger partial charge in [-0.05, 0) is 33.0 Å². The Morgan fingerprint density at radius 3 is 2.33 bits per heavy atom. The van der Waals surface area contributed by atoms with E-state index in [1.54, 1.807) is 0 Å². The number of nitrogens with zero attached hydrogens (tertiary/aromatic N) is 1. The lowest BCUT2D eigenvalue weighted by molar-refractivity contribution is 0.0418. The molecule has 15 heavy (non-hydrogen) atoms. The van der Waals surface area contributed by atoms with Gasteiger partial charge in [-0.25, -0.2) is 0 Å². The summed E-state index contributed by atoms with van der Waals surface area (Å²) in [4.78, 5) is 2.15. The minimum absolute atomic E-state index is 0.365. The lowest BCUT2D eigenvalue weighted by atomic mass is 10.2. The summed E-state index contributed by atoms with van der Waals surface area (Å²) in [6.07, 6.45) is 1.45. The third kappa shape index (κ3) is 10.2. The fourth-order valence-electron chi connectivity index (χ4n) is 1.26. The van der Waals surface area contributed by atoms with E-state index in [1.807, 2.05) is 0 Å². The zero-order chi connectivity index (χ0) is 11.7. The van der Waals surface area contributed by atoms with E-state index in [-0.39, 0.29) is 0 Å². The Morgan fingerprint density at radius 2 is 1.87 bits per heavy atom. The lowest BCUT2D eigenvalue weighted by Gasteiger charge is -2.19. The molecule has 1 N–H and O–H groups in total. The van der Waals surface area contributed by atoms with E-state index in [9.17, 15) is 0 Å². The minimum atomic E-state index is 0.365. The molecule has 0 saturated heterocycles. The van der Waals surface area contributed by atoms with Crippen molar-refractivity contribution in [2.24, 2.45) is 5.92 Å². The number of nitrogens with one attached hydrogen (secondary N) is 1. The molecule has 92 valence electrons. The van der Waals surface area contributed by atoms with Crippen molar-refractivity contribution in [2.45, 2.75) is 33.3 Å². The lowest BCUT2D eigenvalue weighted by Crippen LogP contribution is -2.32. The van der Waals surface area contributed by atoms with Gasteiger partial charge in [0.25, 0.3) is 0 Å². The van der Waals surface area contributed by atoms with E-state index < -0.39 is 0 Å². The summed E-state index contributed by atoms with van der Waals surface area (Å²) in [7, 11) is 4.14. The topological polar surface area (TPSA) is 24.5 Å². The number of hydrogen-bond donors (Lipinski definition) is 1. The molecule has 0 heterocycles. The van der Waals surface area contributed by atoms with Gasteiger partial charge in [-0.2, -0.15) is 0 Å². The molecule has 0 fully saturated rings. The Morgan fingerprint density at radius 1 is 1.20 bits per heavy atom. The second-order valence-corrected chi connectivity index (χ2v) is 4.76. The molecule has 1 unspecified atom stereocenters. The maximum atomic E-state index is 5.78. The molecule has 0 aromatic carbocycles. The molecular weight excluding hydrogens is 188 g/mol. The standard InChI is InChI=1S/C12H28N2O/c1-6-12(10-13-9-11(2)3)15-8-7-14(4)5/h11-13H,6-10H2,1-5H3. The average molecular weight is 216 g/mol. The number of ether oxygens (including phenoxy) is 1. The quantitative estimate of drug-likeness (QED) is 0.633. The summed E-state index contributed by atoms with van der Waals surface area (Å²) < 4.78 is 5.78. The van der Waals surface area contributed by atoms with Crippen molar-refractivity contribution in [1.82, 2.24) is 10.2 Å². The maximum Gasteiger partial charge on any atom is 0.0697 e. The van der Waals surface area contributed by atoms with Gasteiger partial charge in [-0.15, -0.1) is 0 Å². The van der Waals surface area contributed by atoms with Crippen LogP contribution < -0.4 is 5.32 Å². The molecule has 0 aromatic rings. The van der Waals surface area contributed by atoms with E-state index in [0.717, 1.165) is 32.7 Å². The highest BCUT2D eigenvalue weighted by Gasteiger charge is 2.06. The van der Waals surface area contributed by atoms with Crippen LogP contribution in [-0.4, -0.2) is 51.3 Å². The van der Waals surface area contributed by atoms with Crippen LogP contribution in [-0.2, 0) is 4.74 Å². The third-order valence-corrected chi connectivity index (χ3v) is 2.27. The van der Waals surface area contributed by atoms with Gasteiger partial charge in [0.2, 0.25) is 0 Å². The molecule has 0 aliphatic carbocycles. The molecule has 3 heteroatoms. The molecule has 0 bridgehead atoms. The molecule has 0 rings (SSSR count). The molecular formula is C12H28N2O. The monoisotopic (exact) mass is 216 g/mol. The first-order valence-corrected chi connectivity index (χ1v) is 6.03. The summed E-state index contributed by atoms with van der Waals surface area (Å²) in [5.41, 5.74) is 0. The minimum Gasteiger partial charge on any atom is -0.376 e. The first kappa shape index (κ1) is 14.9. The third-order valence-electron chi connectivity index (χ3n) is 2.27. The Balaban J connectivity index is 3.46. The van der Waals surface area contributed by atoms with Crippen LogP contribution in [0.4, 0.5) is 0 Å². The Bertz CT molecular complexity index is 124. The number of rotatable bonds is 9. The van der Waals surface area contributed by atoms with Crippen LogP contribution in [0.3, 0.4) is 0 Å². The van der Waals surface area contributed by atoms with Gasteiger partial charge < -0.3 is 15.0 Å². The predicted molar refractivity (Wildman–Crippen MR) is 66.3 cm³/mol. The van der Waals surface area contributed by atoms with Crippen LogP contribution in [0.15, 0.2) is 0 Å². The van der Waals surface area contributed by atoms with Crippen molar-refractivity contribution in [3.8, 4) is 0 Å². The Hall–Kier alpha value is -0.120. The molecule has 0 radical (unpaired) electrons. The average Bonchev–Trinajstić information content (AvgIpc) is 2.14. The molecule has 0 saturated carbocycles. The normalized spacial score (nSPS) is 13.8. The van der Waals surface area contributed by atoms with Crippen LogP contribution >= 0.6 is 0 Å². The molecule has 3 nitrogen and oxygen atoms in total. The van der Waals surface area contributed by atoms with Gasteiger partial charge in [0.05, 0.1) is 12.7 Å². The van der Waals surface area contributed by atoms with Crippen molar-refractivity contribution in [3.05, 3.63) is 0 Å². The first-order chi connectivity index (χ1) is 7.06. The van der Waals surface area contributed by atoms with E-state index in [1.165, 1.54) is 0 Å². The van der Waals surface area contributed by atoms with E-state index in [2.05, 4.69) is 45.1 Å². The highest BCUT2D eigenvalue weighted by molar-refractivity contribution is 4.61. The van der Waals surface area contributed by atoms with Crippen molar-refractivity contribution < 1.29 is 4.74 Å². The summed E-state index contributed by atoms with van der Waals surface area (Å²) >= 11 is 0. The highest BCUT2D eigenvalue weighted by Crippen LogP contribution is 1.97. The summed E-state index contributed by atoms with van der Waals surface area (Å²) in [6.45, 7) is 10.5. The second kappa shape index (κ2) is 9.13. The Kier molecular flexibility index (Phi) is 9.06. The zero-order valence-electron chi connectivity index (χ0n) is 11.0.